The lowest BCUT2D eigenvalue weighted by atomic mass is 10.2. The first-order valence-corrected chi connectivity index (χ1v) is 5.07. The van der Waals surface area contributed by atoms with Gasteiger partial charge in [0.1, 0.15) is 5.82 Å². The molecule has 74 valence electrons. The number of nitrogens with two attached hydrogens (primary N) is 1. The van der Waals surface area contributed by atoms with Crippen molar-refractivity contribution < 1.29 is 4.39 Å². The van der Waals surface area contributed by atoms with Gasteiger partial charge in [-0.3, -0.25) is 0 Å². The predicted molar refractivity (Wildman–Crippen MR) is 59.6 cm³/mol. The van der Waals surface area contributed by atoms with Crippen molar-refractivity contribution in [2.24, 2.45) is 5.73 Å². The van der Waals surface area contributed by atoms with Gasteiger partial charge in [0.2, 0.25) is 0 Å². The topological polar surface area (TPSA) is 49.8 Å². The van der Waals surface area contributed by atoms with Gasteiger partial charge in [0.15, 0.2) is 0 Å². The van der Waals surface area contributed by atoms with E-state index in [9.17, 15) is 4.39 Å². The lowest BCUT2D eigenvalue weighted by Crippen LogP contribution is -1.91. The van der Waals surface area contributed by atoms with Crippen LogP contribution in [0.3, 0.4) is 0 Å². The number of allylic oxidation sites excluding steroid dienone is 1. The Bertz CT molecular complexity index is 578. The van der Waals surface area contributed by atoms with E-state index in [1.807, 2.05) is 12.1 Å². The Morgan fingerprint density at radius 1 is 1.47 bits per heavy atom. The zero-order chi connectivity index (χ0) is 10.8. The molecule has 0 radical (unpaired) electrons. The molecule has 0 atom stereocenters. The smallest absolute Gasteiger partial charge is 0.124 e. The van der Waals surface area contributed by atoms with Crippen molar-refractivity contribution in [2.75, 3.05) is 0 Å². The molecule has 0 aliphatic heterocycles. The molecule has 0 bridgehead atoms. The molecule has 0 aliphatic rings. The Morgan fingerprint density at radius 2 is 2.27 bits per heavy atom. The maximum absolute atomic E-state index is 12.9. The Labute approximate surface area is 90.1 Å². The van der Waals surface area contributed by atoms with Gasteiger partial charge in [0.05, 0.1) is 16.6 Å². The van der Waals surface area contributed by atoms with Gasteiger partial charge in [-0.2, -0.15) is 5.26 Å². The van der Waals surface area contributed by atoms with E-state index < -0.39 is 0 Å². The van der Waals surface area contributed by atoms with E-state index in [2.05, 4.69) is 0 Å². The number of fused-ring (bicyclic) bond motifs is 1. The number of nitriles is 1. The third-order valence-corrected chi connectivity index (χ3v) is 3.13. The Kier molecular flexibility index (Phi) is 2.40. The predicted octanol–water partition coefficient (Wildman–Crippen LogP) is 2.86. The SMILES string of the molecule is N#C/C=C(/N)c1cc2ccc(F)cc2s1. The van der Waals surface area contributed by atoms with Gasteiger partial charge in [0, 0.05) is 10.8 Å². The fourth-order valence-electron chi connectivity index (χ4n) is 1.29. The first kappa shape index (κ1) is 9.69. The van der Waals surface area contributed by atoms with E-state index in [4.69, 9.17) is 11.0 Å². The van der Waals surface area contributed by atoms with E-state index in [0.29, 0.717) is 5.70 Å². The summed E-state index contributed by atoms with van der Waals surface area (Å²) in [6, 6.07) is 8.28. The lowest BCUT2D eigenvalue weighted by Gasteiger charge is -1.90. The molecule has 1 aromatic heterocycles. The minimum atomic E-state index is -0.265. The highest BCUT2D eigenvalue weighted by atomic mass is 32.1. The van der Waals surface area contributed by atoms with E-state index in [1.54, 1.807) is 6.07 Å². The Balaban J connectivity index is 2.58. The summed E-state index contributed by atoms with van der Waals surface area (Å²) in [6.45, 7) is 0. The molecule has 4 heteroatoms. The number of halogens is 1. The molecule has 2 aromatic rings. The summed E-state index contributed by atoms with van der Waals surface area (Å²) in [5.74, 6) is -0.265. The van der Waals surface area contributed by atoms with Gasteiger partial charge >= 0.3 is 0 Å². The van der Waals surface area contributed by atoms with Crippen molar-refractivity contribution in [1.29, 1.82) is 5.26 Å². The zero-order valence-electron chi connectivity index (χ0n) is 7.70. The van der Waals surface area contributed by atoms with Crippen molar-refractivity contribution in [3.63, 3.8) is 0 Å². The summed E-state index contributed by atoms with van der Waals surface area (Å²) < 4.78 is 13.7. The number of benzene rings is 1. The molecule has 0 fully saturated rings. The molecule has 0 unspecified atom stereocenters. The fraction of sp³-hybridized carbons (Fsp3) is 0. The molecular weight excluding hydrogens is 211 g/mol. The third-order valence-electron chi connectivity index (χ3n) is 1.99. The molecule has 15 heavy (non-hydrogen) atoms. The fourth-order valence-corrected chi connectivity index (χ4v) is 2.30. The first-order valence-electron chi connectivity index (χ1n) is 4.25. The molecule has 0 amide bonds. The van der Waals surface area contributed by atoms with E-state index >= 15 is 0 Å². The van der Waals surface area contributed by atoms with Gasteiger partial charge in [-0.15, -0.1) is 11.3 Å². The molecule has 0 saturated carbocycles. The van der Waals surface area contributed by atoms with Gasteiger partial charge in [-0.05, 0) is 23.6 Å². The maximum Gasteiger partial charge on any atom is 0.124 e. The second-order valence-corrected chi connectivity index (χ2v) is 4.11. The molecule has 2 rings (SSSR count). The molecule has 1 aromatic carbocycles. The highest BCUT2D eigenvalue weighted by Crippen LogP contribution is 2.29. The largest absolute Gasteiger partial charge is 0.397 e. The molecule has 1 heterocycles. The van der Waals surface area contributed by atoms with E-state index in [-0.39, 0.29) is 5.82 Å². The standard InChI is InChI=1S/C11H7FN2S/c12-8-2-1-7-5-11(9(14)3-4-13)15-10(7)6-8/h1-3,5-6H,14H2/b9-3+. The van der Waals surface area contributed by atoms with Gasteiger partial charge < -0.3 is 5.73 Å². The minimum Gasteiger partial charge on any atom is -0.397 e. The summed E-state index contributed by atoms with van der Waals surface area (Å²) in [6.07, 6.45) is 1.28. The molecular formula is C11H7FN2S. The van der Waals surface area contributed by atoms with Crippen molar-refractivity contribution in [2.45, 2.75) is 0 Å². The molecule has 2 N–H and O–H groups in total. The van der Waals surface area contributed by atoms with Crippen LogP contribution in [-0.2, 0) is 0 Å². The van der Waals surface area contributed by atoms with Gasteiger partial charge in [0.25, 0.3) is 0 Å². The van der Waals surface area contributed by atoms with Crippen molar-refractivity contribution >= 4 is 27.1 Å². The van der Waals surface area contributed by atoms with Crippen LogP contribution in [-0.4, -0.2) is 0 Å². The number of thiophene rings is 1. The van der Waals surface area contributed by atoms with Crippen LogP contribution < -0.4 is 5.73 Å². The maximum atomic E-state index is 12.9. The zero-order valence-corrected chi connectivity index (χ0v) is 8.51. The van der Waals surface area contributed by atoms with Crippen LogP contribution in [0.15, 0.2) is 30.3 Å². The average Bonchev–Trinajstić information content (AvgIpc) is 2.60. The lowest BCUT2D eigenvalue weighted by molar-refractivity contribution is 0.630. The van der Waals surface area contributed by atoms with Crippen LogP contribution in [0, 0.1) is 17.1 Å². The molecule has 0 aliphatic carbocycles. The van der Waals surface area contributed by atoms with Crippen LogP contribution in [0.25, 0.3) is 15.8 Å². The first-order chi connectivity index (χ1) is 7.20. The van der Waals surface area contributed by atoms with Gasteiger partial charge in [-0.1, -0.05) is 6.07 Å². The number of hydrogen-bond acceptors (Lipinski definition) is 3. The highest BCUT2D eigenvalue weighted by Gasteiger charge is 2.04. The van der Waals surface area contributed by atoms with E-state index in [1.165, 1.54) is 29.5 Å². The summed E-state index contributed by atoms with van der Waals surface area (Å²) in [4.78, 5) is 0.789. The normalized spacial score (nSPS) is 11.6. The summed E-state index contributed by atoms with van der Waals surface area (Å²) in [7, 11) is 0. The Hall–Kier alpha value is -1.86. The number of rotatable bonds is 1. The van der Waals surface area contributed by atoms with Crippen LogP contribution >= 0.6 is 11.3 Å². The summed E-state index contributed by atoms with van der Waals surface area (Å²) >= 11 is 1.38. The van der Waals surface area contributed by atoms with Crippen LogP contribution in [0.4, 0.5) is 4.39 Å². The number of hydrogen-bond donors (Lipinski definition) is 1. The molecule has 2 nitrogen and oxygen atoms in total. The summed E-state index contributed by atoms with van der Waals surface area (Å²) in [5, 5.41) is 9.39. The second-order valence-electron chi connectivity index (χ2n) is 3.02. The van der Waals surface area contributed by atoms with Crippen molar-refractivity contribution in [3.8, 4) is 6.07 Å². The second kappa shape index (κ2) is 3.71. The highest BCUT2D eigenvalue weighted by molar-refractivity contribution is 7.20. The van der Waals surface area contributed by atoms with Crippen LogP contribution in [0.2, 0.25) is 0 Å². The number of nitrogens with zero attached hydrogens (tertiary/aromatic N) is 1. The van der Waals surface area contributed by atoms with E-state index in [0.717, 1.165) is 15.0 Å². The average molecular weight is 218 g/mol. The van der Waals surface area contributed by atoms with Crippen molar-refractivity contribution in [3.05, 3.63) is 41.0 Å². The third kappa shape index (κ3) is 1.83. The monoisotopic (exact) mass is 218 g/mol. The van der Waals surface area contributed by atoms with Crippen LogP contribution in [0.1, 0.15) is 4.88 Å². The van der Waals surface area contributed by atoms with Gasteiger partial charge in [-0.25, -0.2) is 4.39 Å². The molecule has 0 spiro atoms. The van der Waals surface area contributed by atoms with Crippen LogP contribution in [0.5, 0.6) is 0 Å². The summed E-state index contributed by atoms with van der Waals surface area (Å²) in [5.41, 5.74) is 6.08. The Morgan fingerprint density at radius 3 is 3.00 bits per heavy atom. The van der Waals surface area contributed by atoms with Crippen molar-refractivity contribution in [1.82, 2.24) is 0 Å². The molecule has 0 saturated heterocycles. The minimum absolute atomic E-state index is 0.265. The quantitative estimate of drug-likeness (QED) is 0.748.